The lowest BCUT2D eigenvalue weighted by Gasteiger charge is -2.33. The number of nitrogens with one attached hydrogen (secondary N) is 2. The van der Waals surface area contributed by atoms with Crippen molar-refractivity contribution in [3.8, 4) is 5.75 Å². The zero-order valence-corrected chi connectivity index (χ0v) is 17.0. The first-order valence-electron chi connectivity index (χ1n) is 9.65. The van der Waals surface area contributed by atoms with Crippen LogP contribution >= 0.6 is 0 Å². The SMILES string of the molecule is COc1ccc(CN[C@@H]2CCC(=O)N[C@H]2c2cc(F)cc(F)c2)cc1CN(C)C. The smallest absolute Gasteiger partial charge is 0.220 e. The Labute approximate surface area is 170 Å². The molecule has 7 heteroatoms. The normalized spacial score (nSPS) is 19.3. The molecule has 1 amide bonds. The lowest BCUT2D eigenvalue weighted by Crippen LogP contribution is -2.48. The van der Waals surface area contributed by atoms with Crippen molar-refractivity contribution in [2.45, 2.75) is 38.0 Å². The molecular formula is C22H27F2N3O2. The van der Waals surface area contributed by atoms with E-state index in [0.717, 1.165) is 29.5 Å². The summed E-state index contributed by atoms with van der Waals surface area (Å²) in [5.41, 5.74) is 2.58. The summed E-state index contributed by atoms with van der Waals surface area (Å²) in [7, 11) is 5.65. The summed E-state index contributed by atoms with van der Waals surface area (Å²) >= 11 is 0. The van der Waals surface area contributed by atoms with E-state index in [4.69, 9.17) is 4.74 Å². The molecule has 2 aromatic carbocycles. The number of nitrogens with zero attached hydrogens (tertiary/aromatic N) is 1. The van der Waals surface area contributed by atoms with E-state index >= 15 is 0 Å². The molecule has 0 aliphatic carbocycles. The van der Waals surface area contributed by atoms with Gasteiger partial charge in [-0.05, 0) is 55.9 Å². The molecule has 1 heterocycles. The summed E-state index contributed by atoms with van der Waals surface area (Å²) in [4.78, 5) is 14.0. The van der Waals surface area contributed by atoms with Crippen molar-refractivity contribution in [3.63, 3.8) is 0 Å². The highest BCUT2D eigenvalue weighted by atomic mass is 19.1. The quantitative estimate of drug-likeness (QED) is 0.746. The Balaban J connectivity index is 1.76. The van der Waals surface area contributed by atoms with E-state index in [1.807, 2.05) is 26.2 Å². The first-order valence-corrected chi connectivity index (χ1v) is 9.65. The second kappa shape index (κ2) is 9.33. The van der Waals surface area contributed by atoms with Gasteiger partial charge in [0.1, 0.15) is 17.4 Å². The first kappa shape index (κ1) is 21.2. The maximum atomic E-state index is 13.7. The molecule has 1 saturated heterocycles. The Morgan fingerprint density at radius 3 is 2.55 bits per heavy atom. The second-order valence-electron chi connectivity index (χ2n) is 7.66. The van der Waals surface area contributed by atoms with Crippen LogP contribution < -0.4 is 15.4 Å². The monoisotopic (exact) mass is 403 g/mol. The van der Waals surface area contributed by atoms with Crippen LogP contribution in [0.4, 0.5) is 8.78 Å². The average molecular weight is 403 g/mol. The Morgan fingerprint density at radius 1 is 1.17 bits per heavy atom. The molecule has 29 heavy (non-hydrogen) atoms. The number of piperidine rings is 1. The van der Waals surface area contributed by atoms with Gasteiger partial charge in [-0.3, -0.25) is 4.79 Å². The number of methoxy groups -OCH3 is 1. The van der Waals surface area contributed by atoms with Crippen LogP contribution in [-0.4, -0.2) is 38.1 Å². The number of carbonyl (C=O) groups excluding carboxylic acids is 1. The van der Waals surface area contributed by atoms with Gasteiger partial charge in [0.15, 0.2) is 0 Å². The molecule has 2 aromatic rings. The van der Waals surface area contributed by atoms with Gasteiger partial charge in [-0.1, -0.05) is 6.07 Å². The molecule has 1 aliphatic heterocycles. The number of carbonyl (C=O) groups is 1. The average Bonchev–Trinajstić information content (AvgIpc) is 2.66. The standard InChI is InChI=1S/C22H27F2N3O2/c1-27(2)13-16-8-14(4-6-20(16)29-3)12-25-19-5-7-21(28)26-22(19)15-9-17(23)11-18(24)10-15/h4,6,8-11,19,22,25H,5,7,12-13H2,1-3H3,(H,26,28)/t19-,22+/m1/s1. The van der Waals surface area contributed by atoms with Gasteiger partial charge >= 0.3 is 0 Å². The minimum absolute atomic E-state index is 0.115. The second-order valence-corrected chi connectivity index (χ2v) is 7.66. The van der Waals surface area contributed by atoms with E-state index in [-0.39, 0.29) is 11.9 Å². The van der Waals surface area contributed by atoms with Crippen LogP contribution in [0.2, 0.25) is 0 Å². The van der Waals surface area contributed by atoms with Gasteiger partial charge in [0.25, 0.3) is 0 Å². The number of amides is 1. The molecule has 3 rings (SSSR count). The molecule has 0 saturated carbocycles. The summed E-state index contributed by atoms with van der Waals surface area (Å²) < 4.78 is 32.8. The van der Waals surface area contributed by atoms with Gasteiger partial charge in [-0.15, -0.1) is 0 Å². The Bertz CT molecular complexity index is 853. The van der Waals surface area contributed by atoms with Crippen LogP contribution in [0.25, 0.3) is 0 Å². The van der Waals surface area contributed by atoms with Gasteiger partial charge in [0, 0.05) is 37.2 Å². The predicted octanol–water partition coefficient (Wildman–Crippen LogP) is 3.14. The van der Waals surface area contributed by atoms with Crippen molar-refractivity contribution in [1.82, 2.24) is 15.5 Å². The maximum Gasteiger partial charge on any atom is 0.220 e. The summed E-state index contributed by atoms with van der Waals surface area (Å²) in [5, 5.41) is 6.32. The molecule has 0 unspecified atom stereocenters. The first-order chi connectivity index (χ1) is 13.9. The van der Waals surface area contributed by atoms with Gasteiger partial charge in [0.05, 0.1) is 13.2 Å². The molecule has 5 nitrogen and oxygen atoms in total. The number of benzene rings is 2. The number of rotatable bonds is 7. The van der Waals surface area contributed by atoms with E-state index in [1.165, 1.54) is 12.1 Å². The molecule has 0 bridgehead atoms. The Morgan fingerprint density at radius 2 is 1.90 bits per heavy atom. The molecular weight excluding hydrogens is 376 g/mol. The summed E-state index contributed by atoms with van der Waals surface area (Å²) in [6, 6.07) is 8.79. The van der Waals surface area contributed by atoms with E-state index < -0.39 is 17.7 Å². The van der Waals surface area contributed by atoms with Crippen molar-refractivity contribution in [1.29, 1.82) is 0 Å². The largest absolute Gasteiger partial charge is 0.496 e. The van der Waals surface area contributed by atoms with Crippen LogP contribution in [0, 0.1) is 11.6 Å². The van der Waals surface area contributed by atoms with Crippen LogP contribution in [0.3, 0.4) is 0 Å². The van der Waals surface area contributed by atoms with Gasteiger partial charge in [0.2, 0.25) is 5.91 Å². The van der Waals surface area contributed by atoms with E-state index in [0.29, 0.717) is 24.9 Å². The highest BCUT2D eigenvalue weighted by Gasteiger charge is 2.30. The maximum absolute atomic E-state index is 13.7. The topological polar surface area (TPSA) is 53.6 Å². The zero-order valence-electron chi connectivity index (χ0n) is 17.0. The Hall–Kier alpha value is -2.51. The summed E-state index contributed by atoms with van der Waals surface area (Å²) in [5.74, 6) is -0.583. The molecule has 2 atom stereocenters. The lowest BCUT2D eigenvalue weighted by atomic mass is 9.91. The van der Waals surface area contributed by atoms with E-state index in [9.17, 15) is 13.6 Å². The van der Waals surface area contributed by atoms with Crippen LogP contribution in [0.15, 0.2) is 36.4 Å². The van der Waals surface area contributed by atoms with Crippen molar-refractivity contribution in [2.75, 3.05) is 21.2 Å². The lowest BCUT2D eigenvalue weighted by molar-refractivity contribution is -0.123. The van der Waals surface area contributed by atoms with Crippen LogP contribution in [0.1, 0.15) is 35.6 Å². The van der Waals surface area contributed by atoms with Crippen molar-refractivity contribution >= 4 is 5.91 Å². The van der Waals surface area contributed by atoms with Crippen molar-refractivity contribution in [3.05, 3.63) is 64.7 Å². The van der Waals surface area contributed by atoms with Crippen molar-refractivity contribution in [2.24, 2.45) is 0 Å². The minimum atomic E-state index is -0.651. The van der Waals surface area contributed by atoms with E-state index in [1.54, 1.807) is 7.11 Å². The van der Waals surface area contributed by atoms with Crippen LogP contribution in [-0.2, 0) is 17.9 Å². The zero-order chi connectivity index (χ0) is 21.0. The fourth-order valence-corrected chi connectivity index (χ4v) is 3.74. The third kappa shape index (κ3) is 5.52. The summed E-state index contributed by atoms with van der Waals surface area (Å²) in [6.07, 6.45) is 0.968. The van der Waals surface area contributed by atoms with Gasteiger partial charge in [-0.2, -0.15) is 0 Å². The fraction of sp³-hybridized carbons (Fsp3) is 0.409. The van der Waals surface area contributed by atoms with Crippen molar-refractivity contribution < 1.29 is 18.3 Å². The number of hydrogen-bond donors (Lipinski definition) is 2. The fourth-order valence-electron chi connectivity index (χ4n) is 3.74. The molecule has 0 radical (unpaired) electrons. The molecule has 1 fully saturated rings. The Kier molecular flexibility index (Phi) is 6.82. The third-order valence-corrected chi connectivity index (χ3v) is 5.05. The van der Waals surface area contributed by atoms with Gasteiger partial charge in [-0.25, -0.2) is 8.78 Å². The number of ether oxygens (including phenoxy) is 1. The molecule has 2 N–H and O–H groups in total. The molecule has 1 aliphatic rings. The molecule has 0 aromatic heterocycles. The third-order valence-electron chi connectivity index (χ3n) is 5.05. The summed E-state index contributed by atoms with van der Waals surface area (Å²) in [6.45, 7) is 1.32. The highest BCUT2D eigenvalue weighted by Crippen LogP contribution is 2.27. The molecule has 156 valence electrons. The van der Waals surface area contributed by atoms with E-state index in [2.05, 4.69) is 21.6 Å². The minimum Gasteiger partial charge on any atom is -0.496 e. The number of hydrogen-bond acceptors (Lipinski definition) is 4. The number of halogens is 2. The molecule has 0 spiro atoms. The predicted molar refractivity (Wildman–Crippen MR) is 107 cm³/mol. The van der Waals surface area contributed by atoms with Gasteiger partial charge < -0.3 is 20.3 Å². The van der Waals surface area contributed by atoms with Crippen LogP contribution in [0.5, 0.6) is 5.75 Å². The highest BCUT2D eigenvalue weighted by molar-refractivity contribution is 5.77.